The summed E-state index contributed by atoms with van der Waals surface area (Å²) >= 11 is 0. The van der Waals surface area contributed by atoms with Gasteiger partial charge in [-0.05, 0) is 13.8 Å². The van der Waals surface area contributed by atoms with Crippen molar-refractivity contribution in [2.45, 2.75) is 26.0 Å². The van der Waals surface area contributed by atoms with E-state index in [0.29, 0.717) is 5.75 Å². The largest absolute Gasteiger partial charge is 0.491 e. The first-order valence-electron chi connectivity index (χ1n) is 5.92. The first-order chi connectivity index (χ1) is 8.45. The predicted octanol–water partition coefficient (Wildman–Crippen LogP) is 1.53. The lowest BCUT2D eigenvalue weighted by Gasteiger charge is -2.38. The zero-order valence-corrected chi connectivity index (χ0v) is 10.5. The molecule has 6 heteroatoms. The van der Waals surface area contributed by atoms with Gasteiger partial charge in [-0.1, -0.05) is 0 Å². The number of hydrogen-bond acceptors (Lipinski definition) is 5. The molecule has 1 aliphatic heterocycles. The minimum absolute atomic E-state index is 0.0153. The van der Waals surface area contributed by atoms with Crippen LogP contribution in [0.2, 0.25) is 0 Å². The molecule has 1 heterocycles. The number of ether oxygens (including phenoxy) is 1. The Labute approximate surface area is 105 Å². The van der Waals surface area contributed by atoms with Crippen molar-refractivity contribution in [2.24, 2.45) is 5.73 Å². The fourth-order valence-corrected chi connectivity index (χ4v) is 1.92. The second-order valence-corrected chi connectivity index (χ2v) is 4.77. The maximum atomic E-state index is 10.9. The Balaban J connectivity index is 2.27. The third-order valence-electron chi connectivity index (χ3n) is 2.73. The van der Waals surface area contributed by atoms with Crippen LogP contribution in [-0.4, -0.2) is 30.2 Å². The fraction of sp³-hybridized carbons (Fsp3) is 0.500. The van der Waals surface area contributed by atoms with E-state index in [9.17, 15) is 10.1 Å². The number of anilines is 1. The van der Waals surface area contributed by atoms with Crippen LogP contribution in [0.1, 0.15) is 13.8 Å². The molecule has 0 bridgehead atoms. The monoisotopic (exact) mass is 251 g/mol. The Morgan fingerprint density at radius 2 is 2.11 bits per heavy atom. The van der Waals surface area contributed by atoms with E-state index in [2.05, 4.69) is 0 Å². The first kappa shape index (κ1) is 12.6. The fourth-order valence-electron chi connectivity index (χ4n) is 1.92. The Hall–Kier alpha value is -1.82. The Bertz CT molecular complexity index is 456. The molecule has 2 rings (SSSR count). The van der Waals surface area contributed by atoms with E-state index < -0.39 is 4.92 Å². The summed E-state index contributed by atoms with van der Waals surface area (Å²) in [6, 6.07) is 4.97. The van der Waals surface area contributed by atoms with Crippen LogP contribution in [0.4, 0.5) is 11.4 Å². The average molecular weight is 251 g/mol. The molecule has 0 spiro atoms. The van der Waals surface area contributed by atoms with E-state index in [1.54, 1.807) is 6.07 Å². The Morgan fingerprint density at radius 1 is 1.44 bits per heavy atom. The average Bonchev–Trinajstić information content (AvgIpc) is 2.23. The summed E-state index contributed by atoms with van der Waals surface area (Å²) in [7, 11) is 0. The highest BCUT2D eigenvalue weighted by Gasteiger charge is 2.25. The predicted molar refractivity (Wildman–Crippen MR) is 69.0 cm³/mol. The van der Waals surface area contributed by atoms with Crippen molar-refractivity contribution < 1.29 is 9.66 Å². The van der Waals surface area contributed by atoms with Crippen LogP contribution in [0, 0.1) is 10.1 Å². The van der Waals surface area contributed by atoms with Gasteiger partial charge in [0.2, 0.25) is 0 Å². The van der Waals surface area contributed by atoms with E-state index in [1.165, 1.54) is 6.07 Å². The van der Waals surface area contributed by atoms with Gasteiger partial charge in [-0.3, -0.25) is 10.1 Å². The number of rotatable bonds is 4. The maximum absolute atomic E-state index is 10.9. The van der Waals surface area contributed by atoms with Crippen molar-refractivity contribution in [1.82, 2.24) is 0 Å². The zero-order valence-electron chi connectivity index (χ0n) is 10.5. The molecule has 0 unspecified atom stereocenters. The summed E-state index contributed by atoms with van der Waals surface area (Å²) in [6.07, 6.45) is -0.0153. The number of nitrogens with two attached hydrogens (primary N) is 1. The van der Waals surface area contributed by atoms with Crippen LogP contribution < -0.4 is 15.4 Å². The second-order valence-electron chi connectivity index (χ2n) is 4.77. The van der Waals surface area contributed by atoms with E-state index in [4.69, 9.17) is 10.5 Å². The van der Waals surface area contributed by atoms with Crippen LogP contribution in [0.5, 0.6) is 5.75 Å². The lowest BCUT2D eigenvalue weighted by Crippen LogP contribution is -2.55. The molecule has 0 aromatic heterocycles. The molecule has 0 radical (unpaired) electrons. The number of non-ortho nitro benzene ring substituents is 1. The third kappa shape index (κ3) is 2.70. The molecule has 1 fully saturated rings. The molecule has 18 heavy (non-hydrogen) atoms. The van der Waals surface area contributed by atoms with E-state index in [0.717, 1.165) is 18.8 Å². The van der Waals surface area contributed by atoms with Gasteiger partial charge in [-0.25, -0.2) is 0 Å². The van der Waals surface area contributed by atoms with Crippen LogP contribution >= 0.6 is 0 Å². The van der Waals surface area contributed by atoms with E-state index in [-0.39, 0.29) is 17.8 Å². The van der Waals surface area contributed by atoms with Crippen LogP contribution in [-0.2, 0) is 0 Å². The second kappa shape index (κ2) is 4.81. The molecule has 1 aliphatic rings. The van der Waals surface area contributed by atoms with Gasteiger partial charge in [0.25, 0.3) is 5.69 Å². The van der Waals surface area contributed by atoms with Crippen molar-refractivity contribution in [3.05, 3.63) is 28.3 Å². The normalized spacial score (nSPS) is 15.7. The smallest absolute Gasteiger partial charge is 0.275 e. The van der Waals surface area contributed by atoms with E-state index >= 15 is 0 Å². The Kier molecular flexibility index (Phi) is 3.38. The van der Waals surface area contributed by atoms with Crippen LogP contribution in [0.15, 0.2) is 18.2 Å². The first-order valence-corrected chi connectivity index (χ1v) is 5.92. The highest BCUT2D eigenvalue weighted by atomic mass is 16.6. The van der Waals surface area contributed by atoms with Gasteiger partial charge >= 0.3 is 0 Å². The van der Waals surface area contributed by atoms with Gasteiger partial charge in [-0.15, -0.1) is 0 Å². The summed E-state index contributed by atoms with van der Waals surface area (Å²) in [5.41, 5.74) is 6.55. The SMILES string of the molecule is CC(C)Oc1cc(N2CC(N)C2)cc([N+](=O)[O-])c1. The minimum Gasteiger partial charge on any atom is -0.491 e. The quantitative estimate of drug-likeness (QED) is 0.648. The van der Waals surface area contributed by atoms with Gasteiger partial charge in [0, 0.05) is 37.0 Å². The molecule has 6 nitrogen and oxygen atoms in total. The van der Waals surface area contributed by atoms with Gasteiger partial charge in [0.05, 0.1) is 17.1 Å². The van der Waals surface area contributed by atoms with Gasteiger partial charge in [-0.2, -0.15) is 0 Å². The number of nitrogens with zero attached hydrogens (tertiary/aromatic N) is 2. The third-order valence-corrected chi connectivity index (χ3v) is 2.73. The summed E-state index contributed by atoms with van der Waals surface area (Å²) in [4.78, 5) is 12.5. The Morgan fingerprint density at radius 3 is 2.61 bits per heavy atom. The lowest BCUT2D eigenvalue weighted by atomic mass is 10.1. The molecule has 0 atom stereocenters. The lowest BCUT2D eigenvalue weighted by molar-refractivity contribution is -0.384. The number of hydrogen-bond donors (Lipinski definition) is 1. The highest BCUT2D eigenvalue weighted by Crippen LogP contribution is 2.31. The summed E-state index contributed by atoms with van der Waals surface area (Å²) in [5, 5.41) is 10.9. The van der Waals surface area contributed by atoms with Crippen molar-refractivity contribution >= 4 is 11.4 Å². The number of benzene rings is 1. The molecule has 98 valence electrons. The summed E-state index contributed by atoms with van der Waals surface area (Å²) in [6.45, 7) is 5.22. The highest BCUT2D eigenvalue weighted by molar-refractivity contribution is 5.59. The van der Waals surface area contributed by atoms with Crippen molar-refractivity contribution in [3.8, 4) is 5.75 Å². The topological polar surface area (TPSA) is 81.6 Å². The summed E-state index contributed by atoms with van der Waals surface area (Å²) in [5.74, 6) is 0.523. The van der Waals surface area contributed by atoms with Crippen molar-refractivity contribution in [3.63, 3.8) is 0 Å². The van der Waals surface area contributed by atoms with Gasteiger partial charge < -0.3 is 15.4 Å². The number of nitro benzene ring substituents is 1. The minimum atomic E-state index is -0.406. The molecule has 2 N–H and O–H groups in total. The molecular formula is C12H17N3O3. The van der Waals surface area contributed by atoms with Gasteiger partial charge in [0.1, 0.15) is 5.75 Å². The molecule has 1 aromatic carbocycles. The molecule has 1 aromatic rings. The standard InChI is InChI=1S/C12H17N3O3/c1-8(2)18-12-4-10(14-6-9(13)7-14)3-11(5-12)15(16)17/h3-5,8-9H,6-7,13H2,1-2H3. The number of nitro groups is 1. The van der Waals surface area contributed by atoms with Crippen LogP contribution in [0.3, 0.4) is 0 Å². The van der Waals surface area contributed by atoms with Crippen LogP contribution in [0.25, 0.3) is 0 Å². The molecule has 0 amide bonds. The van der Waals surface area contributed by atoms with Gasteiger partial charge in [0.15, 0.2) is 0 Å². The van der Waals surface area contributed by atoms with Crippen molar-refractivity contribution in [2.75, 3.05) is 18.0 Å². The zero-order chi connectivity index (χ0) is 13.3. The molecule has 0 saturated carbocycles. The molecule has 1 saturated heterocycles. The molecule has 0 aliphatic carbocycles. The van der Waals surface area contributed by atoms with Crippen molar-refractivity contribution in [1.29, 1.82) is 0 Å². The maximum Gasteiger partial charge on any atom is 0.275 e. The van der Waals surface area contributed by atoms with E-state index in [1.807, 2.05) is 24.8 Å². The molecular weight excluding hydrogens is 234 g/mol. The summed E-state index contributed by atoms with van der Waals surface area (Å²) < 4.78 is 5.53.